The summed E-state index contributed by atoms with van der Waals surface area (Å²) in [7, 11) is 2.04. The fraction of sp³-hybridized carbons (Fsp3) is 0.308. The zero-order valence-electron chi connectivity index (χ0n) is 17.6. The maximum Gasteiger partial charge on any atom is 0.272 e. The zero-order chi connectivity index (χ0) is 20.8. The quantitative estimate of drug-likeness (QED) is 0.597. The molecule has 30 heavy (non-hydrogen) atoms. The van der Waals surface area contributed by atoms with Crippen LogP contribution in [0.3, 0.4) is 0 Å². The molecule has 154 valence electrons. The lowest BCUT2D eigenvalue weighted by atomic mass is 9.90. The molecule has 0 aliphatic carbocycles. The molecule has 2 aromatic carbocycles. The van der Waals surface area contributed by atoms with Crippen molar-refractivity contribution in [3.8, 4) is 0 Å². The van der Waals surface area contributed by atoms with Gasteiger partial charge < -0.3 is 9.80 Å². The molecule has 1 fully saturated rings. The van der Waals surface area contributed by atoms with Gasteiger partial charge in [0.05, 0.1) is 11.9 Å². The minimum absolute atomic E-state index is 0.0467. The van der Waals surface area contributed by atoms with E-state index < -0.39 is 0 Å². The number of carbonyl (C=O) groups excluding carboxylic acids is 1. The number of rotatable bonds is 6. The summed E-state index contributed by atoms with van der Waals surface area (Å²) in [6, 6.07) is 24.8. The number of amides is 1. The van der Waals surface area contributed by atoms with Crippen LogP contribution in [0, 0.1) is 5.92 Å². The Morgan fingerprint density at radius 2 is 1.57 bits per heavy atom. The number of nitrogens with zero attached hydrogens (tertiary/aromatic N) is 3. The topological polar surface area (TPSA) is 36.4 Å². The van der Waals surface area contributed by atoms with E-state index in [1.54, 1.807) is 6.20 Å². The van der Waals surface area contributed by atoms with Crippen molar-refractivity contribution in [3.05, 3.63) is 95.8 Å². The molecule has 0 radical (unpaired) electrons. The van der Waals surface area contributed by atoms with Crippen molar-refractivity contribution < 1.29 is 4.79 Å². The summed E-state index contributed by atoms with van der Waals surface area (Å²) in [4.78, 5) is 21.5. The average molecular weight is 400 g/mol. The number of hydrogen-bond acceptors (Lipinski definition) is 3. The molecule has 1 aliphatic rings. The maximum atomic E-state index is 12.9. The van der Waals surface area contributed by atoms with Crippen LogP contribution in [0.4, 0.5) is 5.69 Å². The third kappa shape index (κ3) is 5.07. The summed E-state index contributed by atoms with van der Waals surface area (Å²) < 4.78 is 0. The van der Waals surface area contributed by atoms with Gasteiger partial charge in [-0.15, -0.1) is 0 Å². The van der Waals surface area contributed by atoms with Gasteiger partial charge in [-0.25, -0.2) is 4.98 Å². The van der Waals surface area contributed by atoms with E-state index >= 15 is 0 Å². The highest BCUT2D eigenvalue weighted by Gasteiger charge is 2.24. The van der Waals surface area contributed by atoms with Gasteiger partial charge in [-0.1, -0.05) is 60.7 Å². The van der Waals surface area contributed by atoms with Crippen LogP contribution in [0.1, 0.15) is 34.5 Å². The molecule has 3 aromatic rings. The van der Waals surface area contributed by atoms with E-state index in [0.29, 0.717) is 11.6 Å². The smallest absolute Gasteiger partial charge is 0.272 e. The number of hydrogen-bond donors (Lipinski definition) is 0. The maximum absolute atomic E-state index is 12.9. The minimum Gasteiger partial charge on any atom is -0.369 e. The highest BCUT2D eigenvalue weighted by atomic mass is 16.2. The third-order valence-electron chi connectivity index (χ3n) is 5.94. The van der Waals surface area contributed by atoms with Crippen molar-refractivity contribution in [2.45, 2.75) is 25.8 Å². The first-order valence-electron chi connectivity index (χ1n) is 10.7. The second kappa shape index (κ2) is 9.57. The standard InChI is InChI=1S/C26H29N3O/c1-28(20-23-10-6-3-7-11-23)24-12-13-25(27-19-24)26(30)29-16-14-22(15-17-29)18-21-8-4-2-5-9-21/h2-13,19,22H,14-18,20H2,1H3. The van der Waals surface area contributed by atoms with Crippen molar-refractivity contribution in [2.24, 2.45) is 5.92 Å². The van der Waals surface area contributed by atoms with Gasteiger partial charge in [0.2, 0.25) is 0 Å². The summed E-state index contributed by atoms with van der Waals surface area (Å²) in [5, 5.41) is 0. The molecule has 1 aromatic heterocycles. The lowest BCUT2D eigenvalue weighted by Crippen LogP contribution is -2.39. The Morgan fingerprint density at radius 3 is 2.17 bits per heavy atom. The van der Waals surface area contributed by atoms with Crippen LogP contribution in [-0.2, 0) is 13.0 Å². The molecule has 0 unspecified atom stereocenters. The Labute approximate surface area is 179 Å². The van der Waals surface area contributed by atoms with Crippen LogP contribution in [0.5, 0.6) is 0 Å². The molecule has 0 spiro atoms. The molecular weight excluding hydrogens is 370 g/mol. The van der Waals surface area contributed by atoms with Gasteiger partial charge in [-0.3, -0.25) is 4.79 Å². The van der Waals surface area contributed by atoms with Gasteiger partial charge >= 0.3 is 0 Å². The van der Waals surface area contributed by atoms with Crippen LogP contribution in [0.2, 0.25) is 0 Å². The van der Waals surface area contributed by atoms with E-state index in [4.69, 9.17) is 0 Å². The number of carbonyl (C=O) groups is 1. The Morgan fingerprint density at radius 1 is 0.933 bits per heavy atom. The Hall–Kier alpha value is -3.14. The number of anilines is 1. The van der Waals surface area contributed by atoms with E-state index in [1.165, 1.54) is 11.1 Å². The number of piperidine rings is 1. The molecule has 4 rings (SSSR count). The molecule has 1 saturated heterocycles. The summed E-state index contributed by atoms with van der Waals surface area (Å²) in [5.74, 6) is 0.698. The zero-order valence-corrected chi connectivity index (χ0v) is 17.6. The van der Waals surface area contributed by atoms with Crippen LogP contribution in [0.25, 0.3) is 0 Å². The second-order valence-corrected chi connectivity index (χ2v) is 8.17. The molecular formula is C26H29N3O. The molecule has 1 amide bonds. The lowest BCUT2D eigenvalue weighted by molar-refractivity contribution is 0.0684. The van der Waals surface area contributed by atoms with E-state index in [2.05, 4.69) is 52.3 Å². The van der Waals surface area contributed by atoms with Crippen LogP contribution in [0.15, 0.2) is 79.0 Å². The predicted octanol–water partition coefficient (Wildman–Crippen LogP) is 4.81. The molecule has 1 aliphatic heterocycles. The lowest BCUT2D eigenvalue weighted by Gasteiger charge is -2.32. The highest BCUT2D eigenvalue weighted by molar-refractivity contribution is 5.92. The average Bonchev–Trinajstić information content (AvgIpc) is 2.80. The molecule has 0 bridgehead atoms. The van der Waals surface area contributed by atoms with Crippen molar-refractivity contribution in [2.75, 3.05) is 25.0 Å². The van der Waals surface area contributed by atoms with Gasteiger partial charge in [0, 0.05) is 26.7 Å². The van der Waals surface area contributed by atoms with Crippen LogP contribution < -0.4 is 4.90 Å². The number of likely N-dealkylation sites (tertiary alicyclic amines) is 1. The van der Waals surface area contributed by atoms with Crippen molar-refractivity contribution in [3.63, 3.8) is 0 Å². The first-order chi connectivity index (χ1) is 14.7. The summed E-state index contributed by atoms with van der Waals surface area (Å²) >= 11 is 0. The number of aromatic nitrogens is 1. The molecule has 0 atom stereocenters. The van der Waals surface area contributed by atoms with Gasteiger partial charge in [-0.05, 0) is 48.4 Å². The van der Waals surface area contributed by atoms with Crippen LogP contribution in [-0.4, -0.2) is 35.9 Å². The number of benzene rings is 2. The Kier molecular flexibility index (Phi) is 6.43. The Balaban J connectivity index is 1.30. The van der Waals surface area contributed by atoms with Gasteiger partial charge in [0.1, 0.15) is 5.69 Å². The summed E-state index contributed by atoms with van der Waals surface area (Å²) in [6.45, 7) is 2.44. The fourth-order valence-electron chi connectivity index (χ4n) is 4.14. The van der Waals surface area contributed by atoms with Gasteiger partial charge in [0.15, 0.2) is 0 Å². The van der Waals surface area contributed by atoms with Crippen LogP contribution >= 0.6 is 0 Å². The minimum atomic E-state index is 0.0467. The third-order valence-corrected chi connectivity index (χ3v) is 5.94. The number of pyridine rings is 1. The largest absolute Gasteiger partial charge is 0.369 e. The summed E-state index contributed by atoms with van der Waals surface area (Å²) in [6.07, 6.45) is 5.01. The monoisotopic (exact) mass is 399 g/mol. The second-order valence-electron chi connectivity index (χ2n) is 8.17. The SMILES string of the molecule is CN(Cc1ccccc1)c1ccc(C(=O)N2CCC(Cc3ccccc3)CC2)nc1. The molecule has 4 nitrogen and oxygen atoms in total. The van der Waals surface area contributed by atoms with E-state index in [0.717, 1.165) is 44.6 Å². The molecule has 2 heterocycles. The van der Waals surface area contributed by atoms with Crippen molar-refractivity contribution in [1.29, 1.82) is 0 Å². The van der Waals surface area contributed by atoms with Crippen molar-refractivity contribution >= 4 is 11.6 Å². The Bertz CT molecular complexity index is 933. The summed E-state index contributed by atoms with van der Waals surface area (Å²) in [5.41, 5.74) is 4.18. The normalized spacial score (nSPS) is 14.5. The molecule has 0 saturated carbocycles. The van der Waals surface area contributed by atoms with E-state index in [1.807, 2.05) is 42.3 Å². The van der Waals surface area contributed by atoms with Gasteiger partial charge in [-0.2, -0.15) is 0 Å². The fourth-order valence-corrected chi connectivity index (χ4v) is 4.14. The first-order valence-corrected chi connectivity index (χ1v) is 10.7. The van der Waals surface area contributed by atoms with Crippen molar-refractivity contribution in [1.82, 2.24) is 9.88 Å². The predicted molar refractivity (Wildman–Crippen MR) is 122 cm³/mol. The van der Waals surface area contributed by atoms with E-state index in [9.17, 15) is 4.79 Å². The van der Waals surface area contributed by atoms with Gasteiger partial charge in [0.25, 0.3) is 5.91 Å². The first kappa shape index (κ1) is 20.1. The molecule has 0 N–H and O–H groups in total. The van der Waals surface area contributed by atoms with E-state index in [-0.39, 0.29) is 5.91 Å². The molecule has 4 heteroatoms. The highest BCUT2D eigenvalue weighted by Crippen LogP contribution is 2.23.